The molecule has 3 unspecified atom stereocenters. The first-order chi connectivity index (χ1) is 7.26. The van der Waals surface area contributed by atoms with Crippen LogP contribution in [0, 0.1) is 12.8 Å². The maximum Gasteiger partial charge on any atom is 0.00756 e. The second-order valence-corrected chi connectivity index (χ2v) is 5.30. The zero-order valence-electron chi connectivity index (χ0n) is 9.59. The number of aryl methyl sites for hydroxylation is 1. The van der Waals surface area contributed by atoms with E-state index in [-0.39, 0.29) is 0 Å². The van der Waals surface area contributed by atoms with Gasteiger partial charge in [0.05, 0.1) is 0 Å². The molecule has 2 aliphatic rings. The average Bonchev–Trinajstić information content (AvgIpc) is 2.82. The fraction of sp³-hybridized carbons (Fsp3) is 0.571. The van der Waals surface area contributed by atoms with Crippen LogP contribution in [0.4, 0.5) is 0 Å². The van der Waals surface area contributed by atoms with Crippen LogP contribution in [0.3, 0.4) is 0 Å². The van der Waals surface area contributed by atoms with E-state index in [0.717, 1.165) is 12.0 Å². The van der Waals surface area contributed by atoms with Crippen molar-refractivity contribution in [3.63, 3.8) is 0 Å². The number of rotatable bonds is 2. The minimum atomic E-state index is 0.555. The highest BCUT2D eigenvalue weighted by atomic mass is 14.9. The molecule has 0 amide bonds. The molecule has 1 aromatic carbocycles. The Morgan fingerprint density at radius 3 is 2.73 bits per heavy atom. The van der Waals surface area contributed by atoms with Crippen molar-refractivity contribution in [1.29, 1.82) is 0 Å². The molecule has 0 aliphatic heterocycles. The summed E-state index contributed by atoms with van der Waals surface area (Å²) in [6.45, 7) is 2.26. The van der Waals surface area contributed by atoms with E-state index in [1.807, 2.05) is 0 Å². The van der Waals surface area contributed by atoms with Crippen LogP contribution in [-0.2, 0) is 5.41 Å². The largest absolute Gasteiger partial charge is 0.317 e. The van der Waals surface area contributed by atoms with Gasteiger partial charge in [0.15, 0.2) is 0 Å². The van der Waals surface area contributed by atoms with Crippen LogP contribution in [0.15, 0.2) is 24.3 Å². The maximum atomic E-state index is 3.44. The SMILES string of the molecule is CNC1CC2CC2(c2ccccc2C)C1. The summed E-state index contributed by atoms with van der Waals surface area (Å²) in [6.07, 6.45) is 4.15. The standard InChI is InChI=1S/C14H19N/c1-10-5-3-4-6-13(10)14-8-11(14)7-12(9-14)15-2/h3-6,11-12,15H,7-9H2,1-2H3. The third-order valence-electron chi connectivity index (χ3n) is 4.50. The molecule has 0 heterocycles. The summed E-state index contributed by atoms with van der Waals surface area (Å²) >= 11 is 0. The van der Waals surface area contributed by atoms with E-state index in [1.165, 1.54) is 24.8 Å². The van der Waals surface area contributed by atoms with Gasteiger partial charge in [0, 0.05) is 11.5 Å². The van der Waals surface area contributed by atoms with E-state index in [1.54, 1.807) is 5.56 Å². The molecule has 80 valence electrons. The molecular weight excluding hydrogens is 182 g/mol. The highest BCUT2D eigenvalue weighted by molar-refractivity contribution is 5.41. The van der Waals surface area contributed by atoms with E-state index in [2.05, 4.69) is 43.6 Å². The van der Waals surface area contributed by atoms with Crippen molar-refractivity contribution in [2.24, 2.45) is 5.92 Å². The Bertz CT molecular complexity index is 385. The summed E-state index contributed by atoms with van der Waals surface area (Å²) in [4.78, 5) is 0. The Hall–Kier alpha value is -0.820. The van der Waals surface area contributed by atoms with Gasteiger partial charge in [-0.25, -0.2) is 0 Å². The van der Waals surface area contributed by atoms with E-state index in [0.29, 0.717) is 5.41 Å². The number of hydrogen-bond donors (Lipinski definition) is 1. The minimum absolute atomic E-state index is 0.555. The quantitative estimate of drug-likeness (QED) is 0.775. The molecule has 2 fully saturated rings. The van der Waals surface area contributed by atoms with Crippen molar-refractivity contribution in [3.8, 4) is 0 Å². The zero-order chi connectivity index (χ0) is 10.5. The number of hydrogen-bond acceptors (Lipinski definition) is 1. The smallest absolute Gasteiger partial charge is 0.00756 e. The van der Waals surface area contributed by atoms with Crippen molar-refractivity contribution < 1.29 is 0 Å². The molecule has 1 N–H and O–H groups in total. The molecule has 2 aliphatic carbocycles. The first kappa shape index (κ1) is 9.41. The van der Waals surface area contributed by atoms with Gasteiger partial charge >= 0.3 is 0 Å². The summed E-state index contributed by atoms with van der Waals surface area (Å²) in [6, 6.07) is 9.69. The van der Waals surface area contributed by atoms with Crippen molar-refractivity contribution in [3.05, 3.63) is 35.4 Å². The van der Waals surface area contributed by atoms with Crippen molar-refractivity contribution >= 4 is 0 Å². The molecule has 3 atom stereocenters. The van der Waals surface area contributed by atoms with E-state index < -0.39 is 0 Å². The molecule has 2 saturated carbocycles. The van der Waals surface area contributed by atoms with Gasteiger partial charge < -0.3 is 5.32 Å². The molecule has 0 aromatic heterocycles. The molecule has 0 spiro atoms. The predicted octanol–water partition coefficient (Wildman–Crippen LogP) is 2.63. The molecule has 1 aromatic rings. The Kier molecular flexibility index (Phi) is 1.93. The minimum Gasteiger partial charge on any atom is -0.317 e. The molecule has 15 heavy (non-hydrogen) atoms. The lowest BCUT2D eigenvalue weighted by Crippen LogP contribution is -2.25. The fourth-order valence-electron chi connectivity index (χ4n) is 3.60. The molecule has 0 bridgehead atoms. The third kappa shape index (κ3) is 1.26. The van der Waals surface area contributed by atoms with Gasteiger partial charge in [0.1, 0.15) is 0 Å². The first-order valence-electron chi connectivity index (χ1n) is 5.99. The van der Waals surface area contributed by atoms with E-state index in [9.17, 15) is 0 Å². The van der Waals surface area contributed by atoms with Crippen LogP contribution in [0.2, 0.25) is 0 Å². The van der Waals surface area contributed by atoms with Crippen LogP contribution < -0.4 is 5.32 Å². The monoisotopic (exact) mass is 201 g/mol. The van der Waals surface area contributed by atoms with Crippen molar-refractivity contribution in [1.82, 2.24) is 5.32 Å². The Balaban J connectivity index is 1.93. The van der Waals surface area contributed by atoms with Gasteiger partial charge in [0.25, 0.3) is 0 Å². The zero-order valence-corrected chi connectivity index (χ0v) is 9.59. The summed E-state index contributed by atoms with van der Waals surface area (Å²) in [5.74, 6) is 0.955. The Morgan fingerprint density at radius 1 is 1.27 bits per heavy atom. The lowest BCUT2D eigenvalue weighted by atomic mass is 9.89. The molecule has 0 radical (unpaired) electrons. The van der Waals surface area contributed by atoms with Crippen molar-refractivity contribution in [2.75, 3.05) is 7.05 Å². The first-order valence-corrected chi connectivity index (χ1v) is 5.99. The average molecular weight is 201 g/mol. The lowest BCUT2D eigenvalue weighted by Gasteiger charge is -2.18. The summed E-state index contributed by atoms with van der Waals surface area (Å²) in [5.41, 5.74) is 3.66. The van der Waals surface area contributed by atoms with Gasteiger partial charge in [-0.3, -0.25) is 0 Å². The molecular formula is C14H19N. The fourth-order valence-corrected chi connectivity index (χ4v) is 3.60. The number of fused-ring (bicyclic) bond motifs is 1. The molecule has 1 nitrogen and oxygen atoms in total. The van der Waals surface area contributed by atoms with Crippen molar-refractivity contribution in [2.45, 2.75) is 37.6 Å². The maximum absolute atomic E-state index is 3.44. The summed E-state index contributed by atoms with van der Waals surface area (Å²) in [5, 5.41) is 3.44. The second-order valence-electron chi connectivity index (χ2n) is 5.30. The third-order valence-corrected chi connectivity index (χ3v) is 4.50. The number of benzene rings is 1. The Morgan fingerprint density at radius 2 is 2.07 bits per heavy atom. The van der Waals surface area contributed by atoms with E-state index >= 15 is 0 Å². The summed E-state index contributed by atoms with van der Waals surface area (Å²) < 4.78 is 0. The normalized spacial score (nSPS) is 37.7. The van der Waals surface area contributed by atoms with Gasteiger partial charge in [-0.05, 0) is 50.3 Å². The van der Waals surface area contributed by atoms with Crippen LogP contribution in [0.25, 0.3) is 0 Å². The lowest BCUT2D eigenvalue weighted by molar-refractivity contribution is 0.506. The van der Waals surface area contributed by atoms with Crippen LogP contribution in [0.1, 0.15) is 30.4 Å². The Labute approximate surface area is 91.9 Å². The molecule has 3 rings (SSSR count). The van der Waals surface area contributed by atoms with Gasteiger partial charge in [-0.1, -0.05) is 24.3 Å². The summed E-state index contributed by atoms with van der Waals surface area (Å²) in [7, 11) is 2.10. The molecule has 1 heteroatoms. The highest BCUT2D eigenvalue weighted by Crippen LogP contribution is 2.64. The second kappa shape index (κ2) is 3.08. The van der Waals surface area contributed by atoms with Gasteiger partial charge in [-0.15, -0.1) is 0 Å². The van der Waals surface area contributed by atoms with Gasteiger partial charge in [-0.2, -0.15) is 0 Å². The highest BCUT2D eigenvalue weighted by Gasteiger charge is 2.60. The number of nitrogens with one attached hydrogen (secondary N) is 1. The topological polar surface area (TPSA) is 12.0 Å². The molecule has 0 saturated heterocycles. The van der Waals surface area contributed by atoms with Crippen LogP contribution in [0.5, 0.6) is 0 Å². The predicted molar refractivity (Wildman–Crippen MR) is 63.0 cm³/mol. The van der Waals surface area contributed by atoms with E-state index in [4.69, 9.17) is 0 Å². The van der Waals surface area contributed by atoms with Gasteiger partial charge in [0.2, 0.25) is 0 Å². The van der Waals surface area contributed by atoms with Crippen LogP contribution in [-0.4, -0.2) is 13.1 Å². The van der Waals surface area contributed by atoms with Crippen LogP contribution >= 0.6 is 0 Å².